The van der Waals surface area contributed by atoms with E-state index in [1.54, 1.807) is 0 Å². The molecule has 2 fully saturated rings. The molecule has 2 saturated carbocycles. The molecular formula is C11H20N2S. The fourth-order valence-electron chi connectivity index (χ4n) is 2.11. The lowest BCUT2D eigenvalue weighted by Gasteiger charge is -2.25. The molecule has 0 aromatic heterocycles. The molecule has 2 aliphatic carbocycles. The molecular weight excluding hydrogens is 192 g/mol. The Kier molecular flexibility index (Phi) is 3.37. The summed E-state index contributed by atoms with van der Waals surface area (Å²) in [5.41, 5.74) is 5.92. The zero-order chi connectivity index (χ0) is 9.97. The molecule has 0 radical (unpaired) electrons. The van der Waals surface area contributed by atoms with Gasteiger partial charge in [0.2, 0.25) is 0 Å². The first-order chi connectivity index (χ1) is 6.79. The monoisotopic (exact) mass is 212 g/mol. The van der Waals surface area contributed by atoms with Crippen LogP contribution in [0.15, 0.2) is 4.99 Å². The van der Waals surface area contributed by atoms with Crippen molar-refractivity contribution in [2.24, 2.45) is 16.6 Å². The van der Waals surface area contributed by atoms with E-state index >= 15 is 0 Å². The van der Waals surface area contributed by atoms with Crippen molar-refractivity contribution in [3.8, 4) is 0 Å². The van der Waals surface area contributed by atoms with Crippen LogP contribution < -0.4 is 5.73 Å². The van der Waals surface area contributed by atoms with Crippen LogP contribution in [0.2, 0.25) is 0 Å². The molecule has 0 heterocycles. The highest BCUT2D eigenvalue weighted by atomic mass is 32.2. The molecule has 0 aliphatic heterocycles. The molecule has 0 unspecified atom stereocenters. The molecule has 0 aromatic rings. The largest absolute Gasteiger partial charge is 0.387 e. The summed E-state index contributed by atoms with van der Waals surface area (Å²) in [6, 6.07) is 0.541. The van der Waals surface area contributed by atoms with Crippen LogP contribution >= 0.6 is 11.8 Å². The number of aliphatic imine (C=N–C) groups is 1. The van der Waals surface area contributed by atoms with Gasteiger partial charge in [-0.15, -0.1) is 0 Å². The molecule has 0 saturated heterocycles. The number of hydrogen-bond donors (Lipinski definition) is 1. The molecule has 2 aliphatic rings. The average molecular weight is 212 g/mol. The third-order valence-electron chi connectivity index (χ3n) is 3.30. The van der Waals surface area contributed by atoms with Gasteiger partial charge in [0.15, 0.2) is 0 Å². The highest BCUT2D eigenvalue weighted by Gasteiger charge is 2.27. The summed E-state index contributed by atoms with van der Waals surface area (Å²) < 4.78 is 0. The van der Waals surface area contributed by atoms with Crippen LogP contribution in [0, 0.1) is 5.92 Å². The number of thioether (sulfide) groups is 1. The van der Waals surface area contributed by atoms with E-state index in [1.807, 2.05) is 11.8 Å². The normalized spacial score (nSPS) is 34.5. The number of rotatable bonds is 3. The van der Waals surface area contributed by atoms with Crippen molar-refractivity contribution < 1.29 is 0 Å². The Hall–Kier alpha value is -0.180. The van der Waals surface area contributed by atoms with E-state index < -0.39 is 0 Å². The first kappa shape index (κ1) is 10.3. The van der Waals surface area contributed by atoms with Gasteiger partial charge in [-0.2, -0.15) is 11.8 Å². The Morgan fingerprint density at radius 2 is 1.79 bits per heavy atom. The lowest BCUT2D eigenvalue weighted by Crippen LogP contribution is -2.23. The fraction of sp³-hybridized carbons (Fsp3) is 0.909. The second-order valence-corrected chi connectivity index (χ2v) is 5.63. The van der Waals surface area contributed by atoms with Gasteiger partial charge in [-0.05, 0) is 44.8 Å². The van der Waals surface area contributed by atoms with Crippen molar-refractivity contribution in [1.29, 1.82) is 0 Å². The van der Waals surface area contributed by atoms with Gasteiger partial charge in [0, 0.05) is 11.2 Å². The third-order valence-corrected chi connectivity index (χ3v) is 4.44. The minimum absolute atomic E-state index is 0.541. The van der Waals surface area contributed by atoms with Gasteiger partial charge in [0.25, 0.3) is 0 Å². The Morgan fingerprint density at radius 1 is 1.14 bits per heavy atom. The first-order valence-electron chi connectivity index (χ1n) is 5.65. The van der Waals surface area contributed by atoms with Crippen LogP contribution in [-0.4, -0.2) is 23.4 Å². The number of amidine groups is 1. The Labute approximate surface area is 90.7 Å². The molecule has 14 heavy (non-hydrogen) atoms. The Bertz CT molecular complexity index is 215. The van der Waals surface area contributed by atoms with Gasteiger partial charge in [0.1, 0.15) is 0 Å². The average Bonchev–Trinajstić information content (AvgIpc) is 3.02. The smallest absolute Gasteiger partial charge is 0.0971 e. The van der Waals surface area contributed by atoms with Gasteiger partial charge in [-0.1, -0.05) is 0 Å². The molecule has 0 bridgehead atoms. The molecule has 2 rings (SSSR count). The predicted molar refractivity (Wildman–Crippen MR) is 63.9 cm³/mol. The Morgan fingerprint density at radius 3 is 2.29 bits per heavy atom. The quantitative estimate of drug-likeness (QED) is 0.576. The lowest BCUT2D eigenvalue weighted by atomic mass is 9.95. The summed E-state index contributed by atoms with van der Waals surface area (Å²) in [5.74, 6) is 1.59. The standard InChI is InChI=1S/C11H20N2S/c1-14-10-6-4-9(5-7-10)13-11(12)8-2-3-8/h8-10H,2-7H2,1H3,(H2,12,13). The summed E-state index contributed by atoms with van der Waals surface area (Å²) in [4.78, 5) is 4.65. The summed E-state index contributed by atoms with van der Waals surface area (Å²) in [6.07, 6.45) is 9.91. The molecule has 0 spiro atoms. The van der Waals surface area contributed by atoms with Gasteiger partial charge in [0.05, 0.1) is 11.9 Å². The maximum Gasteiger partial charge on any atom is 0.0971 e. The van der Waals surface area contributed by atoms with Crippen LogP contribution in [0.5, 0.6) is 0 Å². The van der Waals surface area contributed by atoms with Gasteiger partial charge in [-0.25, -0.2) is 0 Å². The second kappa shape index (κ2) is 4.56. The van der Waals surface area contributed by atoms with E-state index in [1.165, 1.54) is 38.5 Å². The van der Waals surface area contributed by atoms with Crippen molar-refractivity contribution in [3.63, 3.8) is 0 Å². The number of nitrogens with zero attached hydrogens (tertiary/aromatic N) is 1. The lowest BCUT2D eigenvalue weighted by molar-refractivity contribution is 0.452. The van der Waals surface area contributed by atoms with Crippen molar-refractivity contribution in [2.45, 2.75) is 49.8 Å². The molecule has 2 nitrogen and oxygen atoms in total. The SMILES string of the molecule is CSC1CCC(N=C(N)C2CC2)CC1. The summed E-state index contributed by atoms with van der Waals surface area (Å²) in [7, 11) is 0. The van der Waals surface area contributed by atoms with Gasteiger partial charge in [-0.3, -0.25) is 4.99 Å². The van der Waals surface area contributed by atoms with Gasteiger partial charge >= 0.3 is 0 Å². The molecule has 3 heteroatoms. The second-order valence-electron chi connectivity index (χ2n) is 4.49. The first-order valence-corrected chi connectivity index (χ1v) is 6.94. The van der Waals surface area contributed by atoms with Crippen LogP contribution in [0.1, 0.15) is 38.5 Å². The highest BCUT2D eigenvalue weighted by molar-refractivity contribution is 7.99. The topological polar surface area (TPSA) is 38.4 Å². The number of hydrogen-bond acceptors (Lipinski definition) is 2. The van der Waals surface area contributed by atoms with E-state index in [9.17, 15) is 0 Å². The fourth-order valence-corrected chi connectivity index (χ4v) is 2.85. The van der Waals surface area contributed by atoms with E-state index in [2.05, 4.69) is 11.2 Å². The molecule has 0 atom stereocenters. The maximum absolute atomic E-state index is 5.92. The van der Waals surface area contributed by atoms with Crippen LogP contribution in [0.3, 0.4) is 0 Å². The zero-order valence-corrected chi connectivity index (χ0v) is 9.72. The summed E-state index contributed by atoms with van der Waals surface area (Å²) >= 11 is 2.01. The molecule has 0 aromatic carbocycles. The van der Waals surface area contributed by atoms with Gasteiger partial charge < -0.3 is 5.73 Å². The van der Waals surface area contributed by atoms with Crippen LogP contribution in [0.25, 0.3) is 0 Å². The summed E-state index contributed by atoms with van der Waals surface area (Å²) in [6.45, 7) is 0. The number of nitrogens with two attached hydrogens (primary N) is 1. The van der Waals surface area contributed by atoms with Crippen LogP contribution in [-0.2, 0) is 0 Å². The summed E-state index contributed by atoms with van der Waals surface area (Å²) in [5, 5.41) is 0.878. The maximum atomic E-state index is 5.92. The van der Waals surface area contributed by atoms with E-state index in [-0.39, 0.29) is 0 Å². The molecule has 2 N–H and O–H groups in total. The van der Waals surface area contributed by atoms with Crippen molar-refractivity contribution >= 4 is 17.6 Å². The Balaban J connectivity index is 1.80. The zero-order valence-electron chi connectivity index (χ0n) is 8.91. The highest BCUT2D eigenvalue weighted by Crippen LogP contribution is 2.32. The van der Waals surface area contributed by atoms with E-state index in [0.29, 0.717) is 12.0 Å². The van der Waals surface area contributed by atoms with Crippen molar-refractivity contribution in [1.82, 2.24) is 0 Å². The van der Waals surface area contributed by atoms with Crippen LogP contribution in [0.4, 0.5) is 0 Å². The van der Waals surface area contributed by atoms with Crippen molar-refractivity contribution in [3.05, 3.63) is 0 Å². The van der Waals surface area contributed by atoms with Crippen molar-refractivity contribution in [2.75, 3.05) is 6.26 Å². The third kappa shape index (κ3) is 2.66. The minimum atomic E-state index is 0.541. The predicted octanol–water partition coefficient (Wildman–Crippen LogP) is 2.43. The molecule has 80 valence electrons. The van der Waals surface area contributed by atoms with E-state index in [4.69, 9.17) is 5.73 Å². The van der Waals surface area contributed by atoms with E-state index in [0.717, 1.165) is 11.1 Å². The minimum Gasteiger partial charge on any atom is -0.387 e. The molecule has 0 amide bonds.